The van der Waals surface area contributed by atoms with Crippen molar-refractivity contribution in [1.82, 2.24) is 4.90 Å². The van der Waals surface area contributed by atoms with E-state index in [2.05, 4.69) is 11.7 Å². The van der Waals surface area contributed by atoms with Crippen LogP contribution in [0.4, 0.5) is 18.9 Å². The van der Waals surface area contributed by atoms with Crippen molar-refractivity contribution in [2.45, 2.75) is 26.1 Å². The molecule has 0 saturated carbocycles. The smallest absolute Gasteiger partial charge is 0.406 e. The summed E-state index contributed by atoms with van der Waals surface area (Å²) in [4.78, 5) is 29.7. The molecular formula is C23H21F3N2O3. The maximum absolute atomic E-state index is 13.4. The molecule has 0 aromatic heterocycles. The van der Waals surface area contributed by atoms with Crippen LogP contribution in [0.1, 0.15) is 25.3 Å². The van der Waals surface area contributed by atoms with E-state index in [1.807, 2.05) is 11.0 Å². The molecule has 0 N–H and O–H groups in total. The van der Waals surface area contributed by atoms with E-state index in [1.54, 1.807) is 24.3 Å². The molecule has 1 fully saturated rings. The quantitative estimate of drug-likeness (QED) is 0.666. The highest BCUT2D eigenvalue weighted by atomic mass is 19.4. The highest BCUT2D eigenvalue weighted by Crippen LogP contribution is 2.37. The number of anilines is 1. The summed E-state index contributed by atoms with van der Waals surface area (Å²) in [5.41, 5.74) is 1.19. The summed E-state index contributed by atoms with van der Waals surface area (Å²) in [6, 6.07) is 13.8. The predicted octanol–water partition coefficient (Wildman–Crippen LogP) is 4.60. The lowest BCUT2D eigenvalue weighted by molar-refractivity contribution is -0.274. The van der Waals surface area contributed by atoms with E-state index >= 15 is 0 Å². The fraction of sp³-hybridized carbons (Fsp3) is 0.304. The predicted molar refractivity (Wildman–Crippen MR) is 109 cm³/mol. The van der Waals surface area contributed by atoms with Crippen LogP contribution in [0, 0.1) is 5.92 Å². The average molecular weight is 430 g/mol. The minimum absolute atomic E-state index is 0.0326. The molecule has 0 aliphatic carbocycles. The zero-order valence-electron chi connectivity index (χ0n) is 16.9. The third kappa shape index (κ3) is 4.28. The second-order valence-electron chi connectivity index (χ2n) is 7.77. The number of carbonyl (C=O) groups is 2. The Morgan fingerprint density at radius 2 is 1.74 bits per heavy atom. The third-order valence-corrected chi connectivity index (χ3v) is 5.40. The van der Waals surface area contributed by atoms with Gasteiger partial charge in [0.05, 0.1) is 11.3 Å². The number of imide groups is 1. The summed E-state index contributed by atoms with van der Waals surface area (Å²) in [6.07, 6.45) is -2.95. The number of nitrogens with zero attached hydrogens (tertiary/aromatic N) is 2. The van der Waals surface area contributed by atoms with Crippen LogP contribution in [-0.2, 0) is 9.59 Å². The molecule has 2 aliphatic heterocycles. The number of halogens is 3. The van der Waals surface area contributed by atoms with Gasteiger partial charge in [-0.15, -0.1) is 13.2 Å². The van der Waals surface area contributed by atoms with Crippen molar-refractivity contribution in [1.29, 1.82) is 0 Å². The molecule has 31 heavy (non-hydrogen) atoms. The van der Waals surface area contributed by atoms with E-state index < -0.39 is 23.9 Å². The summed E-state index contributed by atoms with van der Waals surface area (Å²) in [7, 11) is 0. The van der Waals surface area contributed by atoms with Gasteiger partial charge in [-0.3, -0.25) is 9.59 Å². The lowest BCUT2D eigenvalue weighted by atomic mass is 9.98. The Kier molecular flexibility index (Phi) is 5.47. The first-order valence-electron chi connectivity index (χ1n) is 10.0. The summed E-state index contributed by atoms with van der Waals surface area (Å²) >= 11 is 0. The second-order valence-corrected chi connectivity index (χ2v) is 7.77. The first kappa shape index (κ1) is 21.0. The molecule has 4 rings (SSSR count). The van der Waals surface area contributed by atoms with Gasteiger partial charge < -0.3 is 9.64 Å². The first-order valence-corrected chi connectivity index (χ1v) is 10.0. The van der Waals surface area contributed by atoms with Gasteiger partial charge in [0.25, 0.3) is 11.8 Å². The van der Waals surface area contributed by atoms with E-state index in [4.69, 9.17) is 0 Å². The maximum Gasteiger partial charge on any atom is 0.573 e. The van der Waals surface area contributed by atoms with E-state index in [1.165, 1.54) is 12.1 Å². The lowest BCUT2D eigenvalue weighted by Gasteiger charge is -2.33. The van der Waals surface area contributed by atoms with Crippen molar-refractivity contribution in [2.24, 2.45) is 5.92 Å². The second kappa shape index (κ2) is 8.09. The molecule has 162 valence electrons. The zero-order valence-corrected chi connectivity index (χ0v) is 16.9. The third-order valence-electron chi connectivity index (χ3n) is 5.40. The Balaban J connectivity index is 1.76. The SMILES string of the molecule is CC1CCCN(C2=C(c3ccccc3)C(=O)N(c3cccc(OC(F)(F)F)c3)C2=O)C1. The fourth-order valence-corrected chi connectivity index (χ4v) is 4.12. The van der Waals surface area contributed by atoms with Crippen molar-refractivity contribution >= 4 is 23.1 Å². The number of ether oxygens (including phenoxy) is 1. The molecule has 1 unspecified atom stereocenters. The Morgan fingerprint density at radius 1 is 1.00 bits per heavy atom. The van der Waals surface area contributed by atoms with Gasteiger partial charge in [0.1, 0.15) is 11.4 Å². The van der Waals surface area contributed by atoms with E-state index in [9.17, 15) is 22.8 Å². The highest BCUT2D eigenvalue weighted by Gasteiger charge is 2.43. The van der Waals surface area contributed by atoms with Gasteiger partial charge in [0.2, 0.25) is 0 Å². The topological polar surface area (TPSA) is 49.9 Å². The molecule has 2 aromatic carbocycles. The Labute approximate surface area is 177 Å². The number of piperidine rings is 1. The van der Waals surface area contributed by atoms with Crippen LogP contribution in [0.25, 0.3) is 5.57 Å². The van der Waals surface area contributed by atoms with Crippen molar-refractivity contribution in [2.75, 3.05) is 18.0 Å². The van der Waals surface area contributed by atoms with Crippen LogP contribution in [0.2, 0.25) is 0 Å². The molecule has 2 aromatic rings. The summed E-state index contributed by atoms with van der Waals surface area (Å²) in [5.74, 6) is -1.23. The standard InChI is InChI=1S/C23H21F3N2O3/c1-15-7-6-12-27(14-15)20-19(16-8-3-2-4-9-16)21(29)28(22(20)30)17-10-5-11-18(13-17)31-23(24,25)26/h2-5,8-11,13,15H,6-7,12,14H2,1H3. The van der Waals surface area contributed by atoms with Crippen LogP contribution >= 0.6 is 0 Å². The number of rotatable bonds is 4. The van der Waals surface area contributed by atoms with Crippen LogP contribution in [-0.4, -0.2) is 36.2 Å². The molecule has 2 aliphatic rings. The van der Waals surface area contributed by atoms with Gasteiger partial charge in [-0.2, -0.15) is 0 Å². The van der Waals surface area contributed by atoms with Crippen LogP contribution in [0.3, 0.4) is 0 Å². The number of benzene rings is 2. The Hall–Kier alpha value is -3.29. The van der Waals surface area contributed by atoms with Crippen molar-refractivity contribution in [3.8, 4) is 5.75 Å². The van der Waals surface area contributed by atoms with E-state index in [0.29, 0.717) is 30.3 Å². The molecule has 0 radical (unpaired) electrons. The molecule has 1 atom stereocenters. The largest absolute Gasteiger partial charge is 0.573 e. The van der Waals surface area contributed by atoms with E-state index in [-0.39, 0.29) is 11.3 Å². The molecule has 0 spiro atoms. The highest BCUT2D eigenvalue weighted by molar-refractivity contribution is 6.45. The molecule has 5 nitrogen and oxygen atoms in total. The number of alkyl halides is 3. The van der Waals surface area contributed by atoms with Crippen molar-refractivity contribution in [3.63, 3.8) is 0 Å². The van der Waals surface area contributed by atoms with Gasteiger partial charge in [-0.05, 0) is 36.5 Å². The molecule has 8 heteroatoms. The van der Waals surface area contributed by atoms with Crippen molar-refractivity contribution < 1.29 is 27.5 Å². The lowest BCUT2D eigenvalue weighted by Crippen LogP contribution is -2.39. The Bertz CT molecular complexity index is 1030. The van der Waals surface area contributed by atoms with E-state index in [0.717, 1.165) is 29.9 Å². The zero-order chi connectivity index (χ0) is 22.2. The number of hydrogen-bond donors (Lipinski definition) is 0. The van der Waals surface area contributed by atoms with Gasteiger partial charge in [0.15, 0.2) is 0 Å². The van der Waals surface area contributed by atoms with Gasteiger partial charge in [-0.25, -0.2) is 4.90 Å². The maximum atomic E-state index is 13.4. The monoisotopic (exact) mass is 430 g/mol. The molecule has 2 heterocycles. The van der Waals surface area contributed by atoms with Crippen LogP contribution in [0.5, 0.6) is 5.75 Å². The van der Waals surface area contributed by atoms with Crippen molar-refractivity contribution in [3.05, 3.63) is 65.9 Å². The molecule has 1 saturated heterocycles. The van der Waals surface area contributed by atoms with Crippen LogP contribution < -0.4 is 9.64 Å². The number of amides is 2. The normalized spacial score (nSPS) is 19.9. The minimum Gasteiger partial charge on any atom is -0.406 e. The Morgan fingerprint density at radius 3 is 2.42 bits per heavy atom. The molecular weight excluding hydrogens is 409 g/mol. The van der Waals surface area contributed by atoms with Crippen LogP contribution in [0.15, 0.2) is 60.3 Å². The summed E-state index contributed by atoms with van der Waals surface area (Å²) in [5, 5.41) is 0. The summed E-state index contributed by atoms with van der Waals surface area (Å²) < 4.78 is 41.9. The number of hydrogen-bond acceptors (Lipinski definition) is 4. The minimum atomic E-state index is -4.87. The number of likely N-dealkylation sites (tertiary alicyclic amines) is 1. The first-order chi connectivity index (χ1) is 14.7. The average Bonchev–Trinajstić information content (AvgIpc) is 2.98. The van der Waals surface area contributed by atoms with Gasteiger partial charge in [0, 0.05) is 19.2 Å². The summed E-state index contributed by atoms with van der Waals surface area (Å²) in [6.45, 7) is 3.36. The number of carbonyl (C=O) groups excluding carboxylic acids is 2. The molecule has 0 bridgehead atoms. The van der Waals surface area contributed by atoms with Gasteiger partial charge >= 0.3 is 6.36 Å². The van der Waals surface area contributed by atoms with Gasteiger partial charge in [-0.1, -0.05) is 43.3 Å². The fourth-order valence-electron chi connectivity index (χ4n) is 4.12. The molecule has 2 amide bonds.